The summed E-state index contributed by atoms with van der Waals surface area (Å²) < 4.78 is 18.5. The zero-order valence-corrected chi connectivity index (χ0v) is 11.4. The first-order valence-corrected chi connectivity index (χ1v) is 6.81. The molecule has 0 N–H and O–H groups in total. The van der Waals surface area contributed by atoms with Crippen LogP contribution >= 0.6 is 0 Å². The van der Waals surface area contributed by atoms with Crippen LogP contribution in [0.4, 0.5) is 10.2 Å². The van der Waals surface area contributed by atoms with Crippen LogP contribution in [0.5, 0.6) is 5.75 Å². The molecule has 1 aliphatic heterocycles. The maximum Gasteiger partial charge on any atom is 0.214 e. The summed E-state index contributed by atoms with van der Waals surface area (Å²) in [7, 11) is 1.66. The number of benzene rings is 1. The Labute approximate surface area is 118 Å². The molecule has 0 spiro atoms. The van der Waals surface area contributed by atoms with Crippen LogP contribution in [0.15, 0.2) is 42.5 Å². The summed E-state index contributed by atoms with van der Waals surface area (Å²) in [6, 6.07) is 13.3. The number of halogens is 1. The fraction of sp³-hybridized carbons (Fsp3) is 0.312. The fourth-order valence-electron chi connectivity index (χ4n) is 2.77. The minimum absolute atomic E-state index is 0.259. The van der Waals surface area contributed by atoms with E-state index >= 15 is 0 Å². The van der Waals surface area contributed by atoms with Crippen LogP contribution < -0.4 is 9.64 Å². The van der Waals surface area contributed by atoms with Gasteiger partial charge in [-0.2, -0.15) is 4.39 Å². The highest BCUT2D eigenvalue weighted by atomic mass is 19.1. The van der Waals surface area contributed by atoms with E-state index < -0.39 is 5.95 Å². The Hall–Kier alpha value is -2.10. The number of hydrogen-bond donors (Lipinski definition) is 0. The van der Waals surface area contributed by atoms with Gasteiger partial charge in [-0.05, 0) is 42.7 Å². The van der Waals surface area contributed by atoms with Gasteiger partial charge in [0, 0.05) is 6.54 Å². The minimum atomic E-state index is -0.428. The second-order valence-electron chi connectivity index (χ2n) is 4.94. The van der Waals surface area contributed by atoms with E-state index in [0.29, 0.717) is 5.82 Å². The van der Waals surface area contributed by atoms with E-state index in [1.165, 1.54) is 11.6 Å². The average Bonchev–Trinajstić information content (AvgIpc) is 2.97. The van der Waals surface area contributed by atoms with Crippen molar-refractivity contribution in [3.05, 3.63) is 54.0 Å². The molecule has 3 nitrogen and oxygen atoms in total. The van der Waals surface area contributed by atoms with Crippen LogP contribution in [-0.4, -0.2) is 18.6 Å². The number of pyridine rings is 1. The normalized spacial score (nSPS) is 18.3. The largest absolute Gasteiger partial charge is 0.497 e. The third-order valence-corrected chi connectivity index (χ3v) is 3.75. The van der Waals surface area contributed by atoms with Gasteiger partial charge in [-0.25, -0.2) is 4.98 Å². The molecule has 1 fully saturated rings. The zero-order valence-electron chi connectivity index (χ0n) is 11.4. The van der Waals surface area contributed by atoms with Gasteiger partial charge in [0.15, 0.2) is 0 Å². The molecule has 0 unspecified atom stereocenters. The lowest BCUT2D eigenvalue weighted by atomic mass is 10.0. The molecule has 3 rings (SSSR count). The van der Waals surface area contributed by atoms with Gasteiger partial charge in [0.2, 0.25) is 5.95 Å². The summed E-state index contributed by atoms with van der Waals surface area (Å²) in [6.07, 6.45) is 2.15. The van der Waals surface area contributed by atoms with Crippen LogP contribution in [0.2, 0.25) is 0 Å². The predicted molar refractivity (Wildman–Crippen MR) is 76.5 cm³/mol. The Balaban J connectivity index is 1.88. The summed E-state index contributed by atoms with van der Waals surface area (Å²) in [5.74, 6) is 1.13. The number of nitrogens with zero attached hydrogens (tertiary/aromatic N) is 2. The maximum atomic E-state index is 13.3. The maximum absolute atomic E-state index is 13.3. The highest BCUT2D eigenvalue weighted by Crippen LogP contribution is 2.35. The quantitative estimate of drug-likeness (QED) is 0.799. The van der Waals surface area contributed by atoms with Crippen LogP contribution in [0, 0.1) is 5.95 Å². The van der Waals surface area contributed by atoms with E-state index in [2.05, 4.69) is 22.0 Å². The minimum Gasteiger partial charge on any atom is -0.497 e. The van der Waals surface area contributed by atoms with Crippen LogP contribution in [0.3, 0.4) is 0 Å². The third kappa shape index (κ3) is 2.46. The van der Waals surface area contributed by atoms with E-state index in [0.717, 1.165) is 25.1 Å². The molecule has 1 aromatic carbocycles. The summed E-state index contributed by atoms with van der Waals surface area (Å²) in [4.78, 5) is 6.17. The first-order chi connectivity index (χ1) is 9.78. The van der Waals surface area contributed by atoms with Crippen molar-refractivity contribution in [2.75, 3.05) is 18.6 Å². The monoisotopic (exact) mass is 272 g/mol. The molecule has 2 heterocycles. The number of aromatic nitrogens is 1. The number of anilines is 1. The van der Waals surface area contributed by atoms with Gasteiger partial charge in [0.25, 0.3) is 0 Å². The second kappa shape index (κ2) is 5.49. The van der Waals surface area contributed by atoms with E-state index in [9.17, 15) is 4.39 Å². The molecule has 0 aliphatic carbocycles. The van der Waals surface area contributed by atoms with Crippen molar-refractivity contribution in [2.45, 2.75) is 18.9 Å². The molecule has 104 valence electrons. The Morgan fingerprint density at radius 3 is 2.70 bits per heavy atom. The van der Waals surface area contributed by atoms with Gasteiger partial charge in [0.1, 0.15) is 11.6 Å². The van der Waals surface area contributed by atoms with Gasteiger partial charge >= 0.3 is 0 Å². The van der Waals surface area contributed by atoms with Crippen LogP contribution in [0.25, 0.3) is 0 Å². The Bertz CT molecular complexity index is 585. The van der Waals surface area contributed by atoms with Crippen molar-refractivity contribution in [3.8, 4) is 5.75 Å². The van der Waals surface area contributed by atoms with Crippen LogP contribution in [0.1, 0.15) is 24.4 Å². The Morgan fingerprint density at radius 2 is 2.00 bits per heavy atom. The molecular formula is C16H17FN2O. The molecule has 2 aromatic rings. The lowest BCUT2D eigenvalue weighted by molar-refractivity contribution is 0.414. The molecule has 1 atom stereocenters. The Morgan fingerprint density at radius 1 is 1.20 bits per heavy atom. The van der Waals surface area contributed by atoms with Gasteiger partial charge in [-0.1, -0.05) is 18.2 Å². The lowest BCUT2D eigenvalue weighted by Crippen LogP contribution is -2.23. The van der Waals surface area contributed by atoms with E-state index in [1.54, 1.807) is 13.2 Å². The lowest BCUT2D eigenvalue weighted by Gasteiger charge is -2.26. The first-order valence-electron chi connectivity index (χ1n) is 6.81. The Kier molecular flexibility index (Phi) is 3.54. The molecule has 0 bridgehead atoms. The number of ether oxygens (including phenoxy) is 1. The number of methoxy groups -OCH3 is 1. The molecule has 1 saturated heterocycles. The first kappa shape index (κ1) is 12.9. The van der Waals surface area contributed by atoms with Gasteiger partial charge in [-0.3, -0.25) is 0 Å². The van der Waals surface area contributed by atoms with E-state index in [4.69, 9.17) is 4.74 Å². The van der Waals surface area contributed by atoms with Crippen molar-refractivity contribution >= 4 is 5.82 Å². The van der Waals surface area contributed by atoms with Crippen molar-refractivity contribution in [2.24, 2.45) is 0 Å². The van der Waals surface area contributed by atoms with E-state index in [1.807, 2.05) is 18.2 Å². The van der Waals surface area contributed by atoms with Crippen molar-refractivity contribution in [1.82, 2.24) is 4.98 Å². The highest BCUT2D eigenvalue weighted by molar-refractivity contribution is 5.44. The summed E-state index contributed by atoms with van der Waals surface area (Å²) in [6.45, 7) is 0.910. The second-order valence-corrected chi connectivity index (χ2v) is 4.94. The SMILES string of the molecule is COc1ccc([C@H]2CCCN2c2cccc(F)n2)cc1. The van der Waals surface area contributed by atoms with Crippen LogP contribution in [-0.2, 0) is 0 Å². The molecule has 1 aliphatic rings. The number of rotatable bonds is 3. The van der Waals surface area contributed by atoms with Gasteiger partial charge in [-0.15, -0.1) is 0 Å². The molecule has 0 radical (unpaired) electrons. The molecule has 0 amide bonds. The molecule has 1 aromatic heterocycles. The standard InChI is InChI=1S/C16H17FN2O/c1-20-13-9-7-12(8-10-13)14-4-3-11-19(14)16-6-2-5-15(17)18-16/h2,5-10,14H,3-4,11H2,1H3/t14-/m1/s1. The zero-order chi connectivity index (χ0) is 13.9. The molecule has 0 saturated carbocycles. The van der Waals surface area contributed by atoms with Gasteiger partial charge in [0.05, 0.1) is 13.2 Å². The topological polar surface area (TPSA) is 25.4 Å². The fourth-order valence-corrected chi connectivity index (χ4v) is 2.77. The summed E-state index contributed by atoms with van der Waals surface area (Å²) in [5.41, 5.74) is 1.22. The smallest absolute Gasteiger partial charge is 0.214 e. The van der Waals surface area contributed by atoms with Crippen molar-refractivity contribution < 1.29 is 9.13 Å². The average molecular weight is 272 g/mol. The molecule has 20 heavy (non-hydrogen) atoms. The summed E-state index contributed by atoms with van der Waals surface area (Å²) >= 11 is 0. The number of hydrogen-bond acceptors (Lipinski definition) is 3. The molecular weight excluding hydrogens is 255 g/mol. The third-order valence-electron chi connectivity index (χ3n) is 3.75. The summed E-state index contributed by atoms with van der Waals surface area (Å²) in [5, 5.41) is 0. The van der Waals surface area contributed by atoms with Crippen molar-refractivity contribution in [3.63, 3.8) is 0 Å². The van der Waals surface area contributed by atoms with Crippen molar-refractivity contribution in [1.29, 1.82) is 0 Å². The molecule has 4 heteroatoms. The highest BCUT2D eigenvalue weighted by Gasteiger charge is 2.27. The van der Waals surface area contributed by atoms with Gasteiger partial charge < -0.3 is 9.64 Å². The van der Waals surface area contributed by atoms with E-state index in [-0.39, 0.29) is 6.04 Å². The predicted octanol–water partition coefficient (Wildman–Crippen LogP) is 3.57.